The Bertz CT molecular complexity index is 207. The maximum Gasteiger partial charge on any atom is 0.182 e. The first-order valence-corrected chi connectivity index (χ1v) is 3.85. The van der Waals surface area contributed by atoms with E-state index < -0.39 is 0 Å². The van der Waals surface area contributed by atoms with Crippen LogP contribution in [0.5, 0.6) is 0 Å². The molecule has 0 atom stereocenters. The molecule has 1 rings (SSSR count). The molecule has 0 saturated carbocycles. The van der Waals surface area contributed by atoms with Gasteiger partial charge in [0.1, 0.15) is 0 Å². The van der Waals surface area contributed by atoms with Crippen molar-refractivity contribution in [2.24, 2.45) is 0 Å². The molecule has 0 aliphatic heterocycles. The Hall–Kier alpha value is -0.470. The average molecular weight is 189 g/mol. The number of carbonyl (C=O) groups excluding carboxylic acids is 1. The first kappa shape index (κ1) is 10.5. The van der Waals surface area contributed by atoms with Gasteiger partial charge in [-0.2, -0.15) is 0 Å². The first-order chi connectivity index (χ1) is 5.13. The Kier molecular flexibility index (Phi) is 5.99. The molecule has 0 aliphatic carbocycles. The number of hydrogen-bond donors (Lipinski definition) is 1. The Labute approximate surface area is 76.8 Å². The first-order valence-electron chi connectivity index (χ1n) is 3.03. The van der Waals surface area contributed by atoms with Crippen LogP contribution in [0.25, 0.3) is 0 Å². The van der Waals surface area contributed by atoms with Crippen molar-refractivity contribution in [3.63, 3.8) is 0 Å². The summed E-state index contributed by atoms with van der Waals surface area (Å²) in [5.41, 5.74) is 0. The second-order valence-electron chi connectivity index (χ2n) is 1.81. The van der Waals surface area contributed by atoms with Gasteiger partial charge in [0.15, 0.2) is 5.12 Å². The average Bonchev–Trinajstić information content (AvgIpc) is 1.87. The summed E-state index contributed by atoms with van der Waals surface area (Å²) in [6.45, 7) is 1.39. The normalized spacial score (nSPS) is 7.91. The molecule has 0 aromatic heterocycles. The molecule has 0 amide bonds. The van der Waals surface area contributed by atoms with Crippen molar-refractivity contribution in [2.75, 3.05) is 0 Å². The van der Waals surface area contributed by atoms with Crippen molar-refractivity contribution in [3.8, 4) is 0 Å². The zero-order chi connectivity index (χ0) is 8.69. The molecule has 11 heavy (non-hydrogen) atoms. The van der Waals surface area contributed by atoms with Gasteiger partial charge in [-0.1, -0.05) is 29.8 Å². The third-order valence-electron chi connectivity index (χ3n) is 0.733. The summed E-state index contributed by atoms with van der Waals surface area (Å²) in [5.74, 6) is 0. The number of thiol groups is 1. The minimum Gasteiger partial charge on any atom is -0.288 e. The van der Waals surface area contributed by atoms with E-state index in [1.165, 1.54) is 6.92 Å². The fourth-order valence-corrected chi connectivity index (χ4v) is 0.560. The highest BCUT2D eigenvalue weighted by molar-refractivity contribution is 7.96. The highest BCUT2D eigenvalue weighted by atomic mass is 35.5. The van der Waals surface area contributed by atoms with Gasteiger partial charge in [0.25, 0.3) is 0 Å². The zero-order valence-electron chi connectivity index (χ0n) is 6.12. The summed E-state index contributed by atoms with van der Waals surface area (Å²) in [6, 6.07) is 9.44. The zero-order valence-corrected chi connectivity index (χ0v) is 7.77. The fourth-order valence-electron chi connectivity index (χ4n) is 0.415. The van der Waals surface area contributed by atoms with E-state index >= 15 is 0 Å². The summed E-state index contributed by atoms with van der Waals surface area (Å²) in [7, 11) is 0. The molecule has 1 aromatic carbocycles. The monoisotopic (exact) mass is 188 g/mol. The summed E-state index contributed by atoms with van der Waals surface area (Å²) >= 11 is 8.87. The third-order valence-corrected chi connectivity index (χ3v) is 0.985. The van der Waals surface area contributed by atoms with Crippen LogP contribution in [0, 0.1) is 0 Å². The van der Waals surface area contributed by atoms with Crippen LogP contribution >= 0.6 is 24.2 Å². The maximum atomic E-state index is 9.31. The van der Waals surface area contributed by atoms with Gasteiger partial charge in [-0.15, -0.1) is 12.6 Å². The van der Waals surface area contributed by atoms with E-state index in [1.807, 2.05) is 30.3 Å². The van der Waals surface area contributed by atoms with Crippen molar-refractivity contribution in [2.45, 2.75) is 6.92 Å². The number of hydrogen-bond acceptors (Lipinski definition) is 1. The van der Waals surface area contributed by atoms with Gasteiger partial charge in [-0.05, 0) is 12.1 Å². The van der Waals surface area contributed by atoms with Gasteiger partial charge in [0.05, 0.1) is 0 Å². The van der Waals surface area contributed by atoms with Crippen LogP contribution in [0.4, 0.5) is 0 Å². The number of carbonyl (C=O) groups is 1. The summed E-state index contributed by atoms with van der Waals surface area (Å²) in [4.78, 5) is 9.31. The van der Waals surface area contributed by atoms with E-state index in [0.717, 1.165) is 5.02 Å². The van der Waals surface area contributed by atoms with E-state index in [0.29, 0.717) is 0 Å². The smallest absolute Gasteiger partial charge is 0.182 e. The van der Waals surface area contributed by atoms with Crippen molar-refractivity contribution in [3.05, 3.63) is 35.4 Å². The predicted molar refractivity (Wildman–Crippen MR) is 51.1 cm³/mol. The Balaban J connectivity index is 0.000000218. The van der Waals surface area contributed by atoms with Crippen molar-refractivity contribution in [1.29, 1.82) is 0 Å². The minimum absolute atomic E-state index is 0.139. The molecule has 60 valence electrons. The van der Waals surface area contributed by atoms with Gasteiger partial charge in [-0.25, -0.2) is 0 Å². The lowest BCUT2D eigenvalue weighted by Gasteiger charge is -1.80. The molecule has 0 radical (unpaired) electrons. The van der Waals surface area contributed by atoms with Crippen LogP contribution in [-0.2, 0) is 4.79 Å². The molecule has 1 aromatic rings. The molecule has 0 heterocycles. The van der Waals surface area contributed by atoms with Crippen molar-refractivity contribution >= 4 is 29.3 Å². The summed E-state index contributed by atoms with van der Waals surface area (Å²) in [5, 5.41) is 0.655. The number of benzene rings is 1. The molecular formula is C8H9ClOS. The van der Waals surface area contributed by atoms with Gasteiger partial charge in [0.2, 0.25) is 0 Å². The molecule has 0 spiro atoms. The quantitative estimate of drug-likeness (QED) is 0.620. The number of halogens is 1. The van der Waals surface area contributed by atoms with E-state index in [4.69, 9.17) is 11.6 Å². The standard InChI is InChI=1S/C6H5Cl.C2H4OS/c7-6-4-2-1-3-5-6;1-2(3)4/h1-5H;1H3,(H,3,4). The van der Waals surface area contributed by atoms with Gasteiger partial charge >= 0.3 is 0 Å². The highest BCUT2D eigenvalue weighted by Gasteiger charge is 1.74. The molecule has 3 heteroatoms. The maximum absolute atomic E-state index is 9.31. The van der Waals surface area contributed by atoms with Crippen LogP contribution in [0.15, 0.2) is 30.3 Å². The summed E-state index contributed by atoms with van der Waals surface area (Å²) < 4.78 is 0. The second-order valence-corrected chi connectivity index (χ2v) is 2.88. The van der Waals surface area contributed by atoms with E-state index in [1.54, 1.807) is 0 Å². The van der Waals surface area contributed by atoms with Gasteiger partial charge in [-0.3, -0.25) is 4.79 Å². The lowest BCUT2D eigenvalue weighted by molar-refractivity contribution is -0.108. The molecule has 0 N–H and O–H groups in total. The largest absolute Gasteiger partial charge is 0.288 e. The van der Waals surface area contributed by atoms with Crippen LogP contribution in [0.1, 0.15) is 6.92 Å². The Morgan fingerprint density at radius 3 is 1.91 bits per heavy atom. The molecular weight excluding hydrogens is 180 g/mol. The topological polar surface area (TPSA) is 17.1 Å². The SMILES string of the molecule is CC(=O)S.Clc1ccccc1. The molecule has 0 unspecified atom stereocenters. The van der Waals surface area contributed by atoms with E-state index in [-0.39, 0.29) is 5.12 Å². The van der Waals surface area contributed by atoms with Crippen molar-refractivity contribution < 1.29 is 4.79 Å². The lowest BCUT2D eigenvalue weighted by Crippen LogP contribution is -1.62. The predicted octanol–water partition coefficient (Wildman–Crippen LogP) is 2.80. The van der Waals surface area contributed by atoms with Crippen LogP contribution in [-0.4, -0.2) is 5.12 Å². The Morgan fingerprint density at radius 1 is 1.36 bits per heavy atom. The third kappa shape index (κ3) is 9.53. The summed E-state index contributed by atoms with van der Waals surface area (Å²) in [6.07, 6.45) is 0. The lowest BCUT2D eigenvalue weighted by atomic mass is 10.4. The second kappa shape index (κ2) is 6.25. The fraction of sp³-hybridized carbons (Fsp3) is 0.125. The minimum atomic E-state index is -0.139. The molecule has 0 aliphatic rings. The highest BCUT2D eigenvalue weighted by Crippen LogP contribution is 2.03. The van der Waals surface area contributed by atoms with Gasteiger partial charge in [0, 0.05) is 11.9 Å². The Morgan fingerprint density at radius 2 is 1.73 bits per heavy atom. The van der Waals surface area contributed by atoms with Gasteiger partial charge < -0.3 is 0 Å². The van der Waals surface area contributed by atoms with Crippen LogP contribution < -0.4 is 0 Å². The molecule has 1 nitrogen and oxygen atoms in total. The van der Waals surface area contributed by atoms with E-state index in [2.05, 4.69) is 12.6 Å². The van der Waals surface area contributed by atoms with Crippen molar-refractivity contribution in [1.82, 2.24) is 0 Å². The molecule has 0 bridgehead atoms. The number of rotatable bonds is 0. The molecule has 0 saturated heterocycles. The van der Waals surface area contributed by atoms with Crippen LogP contribution in [0.3, 0.4) is 0 Å². The van der Waals surface area contributed by atoms with E-state index in [9.17, 15) is 4.79 Å². The molecule has 0 fully saturated rings. The van der Waals surface area contributed by atoms with Crippen LogP contribution in [0.2, 0.25) is 5.02 Å².